The molecule has 1 aliphatic heterocycles. The molecule has 3 rings (SSSR count). The highest BCUT2D eigenvalue weighted by Crippen LogP contribution is 2.28. The summed E-state index contributed by atoms with van der Waals surface area (Å²) in [5, 5.41) is 6.82. The molecule has 1 aromatic heterocycles. The second kappa shape index (κ2) is 9.40. The Morgan fingerprint density at radius 2 is 1.62 bits per heavy atom. The van der Waals surface area contributed by atoms with Gasteiger partial charge in [-0.25, -0.2) is 4.98 Å². The van der Waals surface area contributed by atoms with Crippen molar-refractivity contribution in [3.63, 3.8) is 0 Å². The number of rotatable bonds is 4. The van der Waals surface area contributed by atoms with Crippen molar-refractivity contribution >= 4 is 5.91 Å². The van der Waals surface area contributed by atoms with Gasteiger partial charge in [-0.2, -0.15) is 0 Å². The van der Waals surface area contributed by atoms with Crippen LogP contribution in [-0.4, -0.2) is 28.0 Å². The van der Waals surface area contributed by atoms with E-state index in [0.717, 1.165) is 18.4 Å². The van der Waals surface area contributed by atoms with E-state index in [4.69, 9.17) is 4.74 Å². The summed E-state index contributed by atoms with van der Waals surface area (Å²) in [6, 6.07) is 11.1. The number of benzene rings is 1. The summed E-state index contributed by atoms with van der Waals surface area (Å²) in [6.07, 6.45) is 3.57. The van der Waals surface area contributed by atoms with E-state index in [9.17, 15) is 4.79 Å². The van der Waals surface area contributed by atoms with Gasteiger partial charge < -0.3 is 15.4 Å². The molecule has 158 valence electrons. The number of nitrogens with one attached hydrogen (secondary N) is 2. The zero-order valence-electron chi connectivity index (χ0n) is 18.8. The molecule has 2 heterocycles. The molecule has 2 N–H and O–H groups in total. The maximum absolute atomic E-state index is 12.7. The van der Waals surface area contributed by atoms with E-state index in [1.54, 1.807) is 30.5 Å². The van der Waals surface area contributed by atoms with Crippen LogP contribution in [0.25, 0.3) is 0 Å². The van der Waals surface area contributed by atoms with Crippen molar-refractivity contribution in [2.45, 2.75) is 78.4 Å². The van der Waals surface area contributed by atoms with Crippen molar-refractivity contribution in [1.29, 1.82) is 0 Å². The Morgan fingerprint density at radius 1 is 1.03 bits per heavy atom. The maximum atomic E-state index is 12.7. The third kappa shape index (κ3) is 6.86. The third-order valence-electron chi connectivity index (χ3n) is 4.75. The van der Waals surface area contributed by atoms with Crippen LogP contribution in [0.15, 0.2) is 42.6 Å². The summed E-state index contributed by atoms with van der Waals surface area (Å²) in [5.74, 6) is 1.15. The number of hydrogen-bond donors (Lipinski definition) is 2. The lowest BCUT2D eigenvalue weighted by Crippen LogP contribution is -2.62. The summed E-state index contributed by atoms with van der Waals surface area (Å²) >= 11 is 0. The van der Waals surface area contributed by atoms with Gasteiger partial charge in [0.15, 0.2) is 0 Å². The molecule has 1 aliphatic rings. The Morgan fingerprint density at radius 3 is 2.14 bits per heavy atom. The first kappa shape index (κ1) is 22.9. The van der Waals surface area contributed by atoms with Crippen LogP contribution in [0.4, 0.5) is 0 Å². The van der Waals surface area contributed by atoms with E-state index in [2.05, 4.69) is 43.3 Å². The minimum atomic E-state index is -0.0477. The summed E-state index contributed by atoms with van der Waals surface area (Å²) in [6.45, 7) is 14.7. The molecule has 5 nitrogen and oxygen atoms in total. The van der Waals surface area contributed by atoms with Crippen molar-refractivity contribution in [3.8, 4) is 11.6 Å². The smallest absolute Gasteiger partial charge is 0.251 e. The number of carbonyl (C=O) groups excluding carboxylic acids is 1. The Bertz CT molecular complexity index is 780. The predicted molar refractivity (Wildman–Crippen MR) is 119 cm³/mol. The van der Waals surface area contributed by atoms with Gasteiger partial charge in [0.1, 0.15) is 5.75 Å². The average Bonchev–Trinajstić information content (AvgIpc) is 2.63. The maximum Gasteiger partial charge on any atom is 0.251 e. The first-order valence-corrected chi connectivity index (χ1v) is 10.4. The van der Waals surface area contributed by atoms with Crippen LogP contribution < -0.4 is 15.4 Å². The zero-order valence-corrected chi connectivity index (χ0v) is 18.8. The monoisotopic (exact) mass is 397 g/mol. The third-order valence-corrected chi connectivity index (χ3v) is 4.75. The van der Waals surface area contributed by atoms with E-state index >= 15 is 0 Å². The molecule has 0 radical (unpaired) electrons. The molecular weight excluding hydrogens is 362 g/mol. The van der Waals surface area contributed by atoms with Crippen LogP contribution in [0, 0.1) is 6.92 Å². The van der Waals surface area contributed by atoms with Crippen LogP contribution in [-0.2, 0) is 0 Å². The van der Waals surface area contributed by atoms with E-state index in [1.807, 2.05) is 32.9 Å². The molecule has 0 atom stereocenters. The highest BCUT2D eigenvalue weighted by molar-refractivity contribution is 5.94. The molecule has 1 aromatic carbocycles. The zero-order chi connectivity index (χ0) is 21.7. The molecule has 0 spiro atoms. The van der Waals surface area contributed by atoms with E-state index in [0.29, 0.717) is 17.2 Å². The molecule has 0 bridgehead atoms. The van der Waals surface area contributed by atoms with Crippen LogP contribution >= 0.6 is 0 Å². The lowest BCUT2D eigenvalue weighted by Gasteiger charge is -2.46. The Balaban J connectivity index is 0.00000145. The number of pyridine rings is 1. The number of nitrogens with zero attached hydrogens (tertiary/aromatic N) is 1. The normalized spacial score (nSPS) is 17.6. The summed E-state index contributed by atoms with van der Waals surface area (Å²) in [4.78, 5) is 16.9. The van der Waals surface area contributed by atoms with Crippen LogP contribution in [0.5, 0.6) is 11.6 Å². The average molecular weight is 398 g/mol. The fourth-order valence-corrected chi connectivity index (χ4v) is 4.00. The van der Waals surface area contributed by atoms with Crippen molar-refractivity contribution in [2.24, 2.45) is 0 Å². The lowest BCUT2D eigenvalue weighted by atomic mass is 9.79. The van der Waals surface area contributed by atoms with Crippen molar-refractivity contribution < 1.29 is 9.53 Å². The summed E-state index contributed by atoms with van der Waals surface area (Å²) in [7, 11) is 0. The van der Waals surface area contributed by atoms with Crippen molar-refractivity contribution in [1.82, 2.24) is 15.6 Å². The van der Waals surface area contributed by atoms with E-state index in [-0.39, 0.29) is 23.0 Å². The number of aryl methyl sites for hydroxylation is 1. The van der Waals surface area contributed by atoms with Gasteiger partial charge >= 0.3 is 0 Å². The number of amides is 1. The van der Waals surface area contributed by atoms with Crippen molar-refractivity contribution in [3.05, 3.63) is 53.7 Å². The van der Waals surface area contributed by atoms with Crippen LogP contribution in [0.1, 0.15) is 70.3 Å². The standard InChI is InChI=1S/C22H29N3O2.C2H6/c1-15-6-11-19(23-14-15)27-18-9-7-16(8-10-18)20(26)24-17-12-21(2,3)25-22(4,5)13-17;1-2/h6-11,14,17,25H,12-13H2,1-5H3,(H,24,26);1-2H3. The predicted octanol–water partition coefficient (Wildman–Crippen LogP) is 5.25. The second-order valence-electron chi connectivity index (χ2n) is 8.77. The molecule has 0 saturated carbocycles. The number of carbonyl (C=O) groups is 1. The topological polar surface area (TPSA) is 63.2 Å². The Kier molecular flexibility index (Phi) is 7.42. The molecule has 29 heavy (non-hydrogen) atoms. The summed E-state index contributed by atoms with van der Waals surface area (Å²) < 4.78 is 5.72. The highest BCUT2D eigenvalue weighted by atomic mass is 16.5. The number of hydrogen-bond acceptors (Lipinski definition) is 4. The molecule has 5 heteroatoms. The number of aromatic nitrogens is 1. The highest BCUT2D eigenvalue weighted by Gasteiger charge is 2.38. The molecule has 0 aliphatic carbocycles. The van der Waals surface area contributed by atoms with Gasteiger partial charge in [-0.15, -0.1) is 0 Å². The van der Waals surface area contributed by atoms with Gasteiger partial charge in [0.25, 0.3) is 5.91 Å². The molecule has 1 amide bonds. The molecule has 2 aromatic rings. The number of ether oxygens (including phenoxy) is 1. The minimum absolute atomic E-state index is 0.00156. The quantitative estimate of drug-likeness (QED) is 0.740. The lowest BCUT2D eigenvalue weighted by molar-refractivity contribution is 0.0873. The minimum Gasteiger partial charge on any atom is -0.439 e. The van der Waals surface area contributed by atoms with Crippen LogP contribution in [0.2, 0.25) is 0 Å². The molecule has 1 saturated heterocycles. The first-order chi connectivity index (χ1) is 13.6. The van der Waals surface area contributed by atoms with Gasteiger partial charge in [-0.05, 0) is 77.3 Å². The molecular formula is C24H35N3O2. The van der Waals surface area contributed by atoms with Gasteiger partial charge in [0.2, 0.25) is 5.88 Å². The largest absolute Gasteiger partial charge is 0.439 e. The molecule has 1 fully saturated rings. The van der Waals surface area contributed by atoms with Crippen molar-refractivity contribution in [2.75, 3.05) is 0 Å². The second-order valence-corrected chi connectivity index (χ2v) is 8.77. The SMILES string of the molecule is CC.Cc1ccc(Oc2ccc(C(=O)NC3CC(C)(C)NC(C)(C)C3)cc2)nc1. The fourth-order valence-electron chi connectivity index (χ4n) is 4.00. The molecule has 0 unspecified atom stereocenters. The Hall–Kier alpha value is -2.40. The van der Waals surface area contributed by atoms with E-state index < -0.39 is 0 Å². The Labute approximate surface area is 175 Å². The summed E-state index contributed by atoms with van der Waals surface area (Å²) in [5.41, 5.74) is 1.71. The van der Waals surface area contributed by atoms with Gasteiger partial charge in [0.05, 0.1) is 0 Å². The van der Waals surface area contributed by atoms with Crippen LogP contribution in [0.3, 0.4) is 0 Å². The van der Waals surface area contributed by atoms with E-state index in [1.165, 1.54) is 0 Å². The van der Waals surface area contributed by atoms with Gasteiger partial charge in [-0.1, -0.05) is 19.9 Å². The van der Waals surface area contributed by atoms with Gasteiger partial charge in [-0.3, -0.25) is 4.79 Å². The number of piperidine rings is 1. The van der Waals surface area contributed by atoms with Gasteiger partial charge in [0, 0.05) is 34.9 Å². The first-order valence-electron chi connectivity index (χ1n) is 10.4. The fraction of sp³-hybridized carbons (Fsp3) is 0.500.